The lowest BCUT2D eigenvalue weighted by atomic mass is 9.95. The number of hydrogen-bond donors (Lipinski definition) is 1. The van der Waals surface area contributed by atoms with E-state index >= 15 is 0 Å². The van der Waals surface area contributed by atoms with Crippen LogP contribution in [0, 0.1) is 0 Å². The number of rotatable bonds is 3. The topological polar surface area (TPSA) is 105 Å². The zero-order chi connectivity index (χ0) is 17.9. The van der Waals surface area contributed by atoms with E-state index in [9.17, 15) is 23.1 Å². The standard InChI is InChI=1S/C15H16N2O5S2/c1-15(2)11(14(19)20)17-12(18)9(13(17)24(15,21)22)10(23-3)8-6-4-5-7-16-8/h4-7,11,13H,1-3H3,(H,19,20)/b10-9+/t11-,13?/m0/s1. The van der Waals surface area contributed by atoms with Crippen molar-refractivity contribution in [2.24, 2.45) is 0 Å². The van der Waals surface area contributed by atoms with Crippen LogP contribution in [-0.2, 0) is 19.4 Å². The van der Waals surface area contributed by atoms with Gasteiger partial charge >= 0.3 is 5.97 Å². The second-order valence-corrected chi connectivity index (χ2v) is 9.52. The number of hydrogen-bond acceptors (Lipinski definition) is 6. The van der Waals surface area contributed by atoms with Gasteiger partial charge in [0.1, 0.15) is 4.75 Å². The Morgan fingerprint density at radius 2 is 2.04 bits per heavy atom. The molecule has 0 aromatic carbocycles. The van der Waals surface area contributed by atoms with Gasteiger partial charge in [0.2, 0.25) is 0 Å². The Balaban J connectivity index is 2.21. The van der Waals surface area contributed by atoms with Gasteiger partial charge in [0.25, 0.3) is 5.91 Å². The van der Waals surface area contributed by atoms with E-state index in [1.807, 2.05) is 0 Å². The zero-order valence-electron chi connectivity index (χ0n) is 13.3. The van der Waals surface area contributed by atoms with E-state index in [4.69, 9.17) is 0 Å². The average Bonchev–Trinajstić information content (AvgIpc) is 2.67. The molecule has 2 aliphatic heterocycles. The van der Waals surface area contributed by atoms with Gasteiger partial charge in [-0.3, -0.25) is 9.78 Å². The van der Waals surface area contributed by atoms with Crippen LogP contribution in [0.4, 0.5) is 0 Å². The summed E-state index contributed by atoms with van der Waals surface area (Å²) in [5, 5.41) is 8.20. The summed E-state index contributed by atoms with van der Waals surface area (Å²) in [6, 6.07) is 3.76. The second kappa shape index (κ2) is 5.32. The molecule has 24 heavy (non-hydrogen) atoms. The van der Waals surface area contributed by atoms with Crippen LogP contribution in [0.15, 0.2) is 30.0 Å². The predicted octanol–water partition coefficient (Wildman–Crippen LogP) is 0.984. The Labute approximate surface area is 143 Å². The van der Waals surface area contributed by atoms with E-state index < -0.39 is 37.9 Å². The minimum Gasteiger partial charge on any atom is -0.480 e. The number of amides is 1. The maximum Gasteiger partial charge on any atom is 0.328 e. The Morgan fingerprint density at radius 1 is 1.38 bits per heavy atom. The van der Waals surface area contributed by atoms with Crippen molar-refractivity contribution in [3.8, 4) is 0 Å². The molecule has 0 aliphatic carbocycles. The highest BCUT2D eigenvalue weighted by Crippen LogP contribution is 2.51. The number of aliphatic carboxylic acids is 1. The summed E-state index contributed by atoms with van der Waals surface area (Å²) in [6.07, 6.45) is 3.29. The van der Waals surface area contributed by atoms with Crippen molar-refractivity contribution < 1.29 is 23.1 Å². The van der Waals surface area contributed by atoms with E-state index in [1.54, 1.807) is 30.7 Å². The summed E-state index contributed by atoms with van der Waals surface area (Å²) < 4.78 is 24.2. The first-order valence-electron chi connectivity index (χ1n) is 7.14. The summed E-state index contributed by atoms with van der Waals surface area (Å²) in [5.41, 5.74) is 0.609. The molecule has 0 bridgehead atoms. The first-order chi connectivity index (χ1) is 11.2. The third-order valence-corrected chi connectivity index (χ3v) is 8.09. The molecule has 3 rings (SSSR count). The van der Waals surface area contributed by atoms with Crippen molar-refractivity contribution in [2.45, 2.75) is 30.0 Å². The quantitative estimate of drug-likeness (QED) is 0.626. The molecule has 2 fully saturated rings. The Hall–Kier alpha value is -1.87. The number of aromatic nitrogens is 1. The number of pyridine rings is 1. The molecule has 2 saturated heterocycles. The van der Waals surface area contributed by atoms with E-state index in [1.165, 1.54) is 25.6 Å². The molecule has 0 saturated carbocycles. The van der Waals surface area contributed by atoms with Gasteiger partial charge in [-0.05, 0) is 32.2 Å². The fourth-order valence-electron chi connectivity index (χ4n) is 3.23. The fraction of sp³-hybridized carbons (Fsp3) is 0.400. The number of carbonyl (C=O) groups is 2. The van der Waals surface area contributed by atoms with Crippen molar-refractivity contribution in [1.82, 2.24) is 9.88 Å². The highest BCUT2D eigenvalue weighted by molar-refractivity contribution is 8.07. The molecule has 0 spiro atoms. The molecular formula is C15H16N2O5S2. The first kappa shape index (κ1) is 17.0. The molecule has 0 radical (unpaired) electrons. The number of β-lactam (4-membered cyclic amide) rings is 1. The summed E-state index contributed by atoms with van der Waals surface area (Å²) >= 11 is 1.23. The van der Waals surface area contributed by atoms with Gasteiger partial charge in [-0.2, -0.15) is 0 Å². The number of carboxylic acids is 1. The van der Waals surface area contributed by atoms with Crippen LogP contribution in [0.3, 0.4) is 0 Å². The van der Waals surface area contributed by atoms with Crippen LogP contribution >= 0.6 is 11.8 Å². The van der Waals surface area contributed by atoms with Crippen molar-refractivity contribution in [3.05, 3.63) is 35.7 Å². The average molecular weight is 368 g/mol. The molecule has 9 heteroatoms. The lowest BCUT2D eigenvalue weighted by molar-refractivity contribution is -0.152. The molecule has 1 aromatic heterocycles. The Bertz CT molecular complexity index is 861. The van der Waals surface area contributed by atoms with Crippen LogP contribution in [0.5, 0.6) is 0 Å². The second-order valence-electron chi connectivity index (χ2n) is 6.12. The van der Waals surface area contributed by atoms with Gasteiger partial charge < -0.3 is 10.0 Å². The number of nitrogens with zero attached hydrogens (tertiary/aromatic N) is 2. The number of thioether (sulfide) groups is 1. The van der Waals surface area contributed by atoms with Crippen LogP contribution in [0.2, 0.25) is 0 Å². The number of sulfone groups is 1. The summed E-state index contributed by atoms with van der Waals surface area (Å²) in [6.45, 7) is 2.70. The minimum atomic E-state index is -3.88. The van der Waals surface area contributed by atoms with Crippen LogP contribution in [0.1, 0.15) is 19.5 Å². The van der Waals surface area contributed by atoms with Crippen LogP contribution in [0.25, 0.3) is 4.91 Å². The lowest BCUT2D eigenvalue weighted by Gasteiger charge is -2.39. The molecule has 7 nitrogen and oxygen atoms in total. The molecule has 1 unspecified atom stereocenters. The monoisotopic (exact) mass is 368 g/mol. The van der Waals surface area contributed by atoms with Gasteiger partial charge in [-0.1, -0.05) is 6.07 Å². The van der Waals surface area contributed by atoms with Gasteiger partial charge in [0, 0.05) is 11.1 Å². The SMILES string of the molecule is CS/C(=C1\C(=O)N2C1S(=O)(=O)C(C)(C)[C@@H]2C(=O)O)c1ccccn1. The van der Waals surface area contributed by atoms with Crippen molar-refractivity contribution >= 4 is 38.4 Å². The van der Waals surface area contributed by atoms with Crippen LogP contribution in [-0.4, -0.2) is 57.7 Å². The van der Waals surface area contributed by atoms with Crippen molar-refractivity contribution in [2.75, 3.05) is 6.26 Å². The predicted molar refractivity (Wildman–Crippen MR) is 89.7 cm³/mol. The van der Waals surface area contributed by atoms with Gasteiger partial charge in [0.15, 0.2) is 21.3 Å². The maximum atomic E-state index is 12.9. The Kier molecular flexibility index (Phi) is 3.76. The van der Waals surface area contributed by atoms with Crippen molar-refractivity contribution in [3.63, 3.8) is 0 Å². The maximum absolute atomic E-state index is 12.9. The molecule has 2 atom stereocenters. The van der Waals surface area contributed by atoms with Gasteiger partial charge in [-0.15, -0.1) is 11.8 Å². The van der Waals surface area contributed by atoms with Gasteiger partial charge in [0.05, 0.1) is 11.3 Å². The molecule has 1 amide bonds. The normalized spacial score (nSPS) is 29.0. The number of fused-ring (bicyclic) bond motifs is 1. The molecule has 1 aromatic rings. The third kappa shape index (κ3) is 1.97. The summed E-state index contributed by atoms with van der Waals surface area (Å²) in [5.74, 6) is -1.88. The molecular weight excluding hydrogens is 352 g/mol. The van der Waals surface area contributed by atoms with Crippen molar-refractivity contribution in [1.29, 1.82) is 0 Å². The largest absolute Gasteiger partial charge is 0.480 e. The first-order valence-corrected chi connectivity index (χ1v) is 9.91. The third-order valence-electron chi connectivity index (χ3n) is 4.51. The smallest absolute Gasteiger partial charge is 0.328 e. The molecule has 128 valence electrons. The molecule has 3 heterocycles. The minimum absolute atomic E-state index is 0.109. The Morgan fingerprint density at radius 3 is 2.54 bits per heavy atom. The highest BCUT2D eigenvalue weighted by atomic mass is 32.2. The van der Waals surface area contributed by atoms with E-state index in [-0.39, 0.29) is 5.57 Å². The number of carbonyl (C=O) groups excluding carboxylic acids is 1. The summed E-state index contributed by atoms with van der Waals surface area (Å²) in [7, 11) is -3.88. The lowest BCUT2D eigenvalue weighted by Crippen LogP contribution is -2.59. The molecule has 2 aliphatic rings. The zero-order valence-corrected chi connectivity index (χ0v) is 14.9. The van der Waals surface area contributed by atoms with Crippen LogP contribution < -0.4 is 0 Å². The fourth-order valence-corrected chi connectivity index (χ4v) is 6.20. The molecule has 1 N–H and O–H groups in total. The number of carboxylic acid groups (broad SMARTS) is 1. The highest BCUT2D eigenvalue weighted by Gasteiger charge is 2.70. The van der Waals surface area contributed by atoms with E-state index in [0.29, 0.717) is 10.6 Å². The summed E-state index contributed by atoms with van der Waals surface area (Å²) in [4.78, 5) is 29.8. The van der Waals surface area contributed by atoms with E-state index in [2.05, 4.69) is 4.98 Å². The van der Waals surface area contributed by atoms with E-state index in [0.717, 1.165) is 4.90 Å². The van der Waals surface area contributed by atoms with Gasteiger partial charge in [-0.25, -0.2) is 13.2 Å².